The number of nitrogens with zero attached hydrogens (tertiary/aromatic N) is 2. The van der Waals surface area contributed by atoms with Crippen molar-refractivity contribution in [1.29, 1.82) is 0 Å². The molecule has 8 rings (SSSR count). The van der Waals surface area contributed by atoms with Crippen molar-refractivity contribution < 1.29 is 0 Å². The van der Waals surface area contributed by atoms with Crippen molar-refractivity contribution in [1.82, 2.24) is 9.97 Å². The van der Waals surface area contributed by atoms with E-state index < -0.39 is 0 Å². The van der Waals surface area contributed by atoms with E-state index in [0.717, 1.165) is 39.5 Å². The highest BCUT2D eigenvalue weighted by Crippen LogP contribution is 2.44. The van der Waals surface area contributed by atoms with E-state index in [1.165, 1.54) is 36.9 Å². The molecule has 0 fully saturated rings. The number of anilines is 2. The highest BCUT2D eigenvalue weighted by Gasteiger charge is 2.16. The van der Waals surface area contributed by atoms with Crippen LogP contribution in [0.4, 0.5) is 11.4 Å². The molecule has 1 N–H and O–H groups in total. The van der Waals surface area contributed by atoms with E-state index in [2.05, 4.69) is 146 Å². The number of hydrogen-bond acceptors (Lipinski definition) is 4. The van der Waals surface area contributed by atoms with Crippen molar-refractivity contribution in [2.24, 2.45) is 0 Å². The number of benzene rings is 6. The van der Waals surface area contributed by atoms with E-state index in [-0.39, 0.29) is 0 Å². The van der Waals surface area contributed by atoms with E-state index in [1.807, 2.05) is 29.5 Å². The lowest BCUT2D eigenvalue weighted by molar-refractivity contribution is 1.18. The summed E-state index contributed by atoms with van der Waals surface area (Å²) in [4.78, 5) is 10.2. The molecule has 0 aliphatic rings. The third-order valence-electron chi connectivity index (χ3n) is 8.13. The monoisotopic (exact) mass is 595 g/mol. The van der Waals surface area contributed by atoms with Gasteiger partial charge in [0.2, 0.25) is 0 Å². The number of fused-ring (bicyclic) bond motifs is 3. The van der Waals surface area contributed by atoms with Crippen LogP contribution in [0, 0.1) is 6.92 Å². The average Bonchev–Trinajstić information content (AvgIpc) is 3.48. The van der Waals surface area contributed by atoms with Gasteiger partial charge in [0.05, 0.1) is 21.8 Å². The predicted octanol–water partition coefficient (Wildman–Crippen LogP) is 11.6. The molecular formula is C41H29N3S. The van der Waals surface area contributed by atoms with Gasteiger partial charge < -0.3 is 5.32 Å². The van der Waals surface area contributed by atoms with Gasteiger partial charge in [0.1, 0.15) is 0 Å². The van der Waals surface area contributed by atoms with Gasteiger partial charge in [-0.3, -0.25) is 0 Å². The van der Waals surface area contributed by atoms with Crippen LogP contribution in [0.5, 0.6) is 0 Å². The van der Waals surface area contributed by atoms with Crippen LogP contribution in [0.1, 0.15) is 5.56 Å². The van der Waals surface area contributed by atoms with Crippen LogP contribution in [0.3, 0.4) is 0 Å². The minimum absolute atomic E-state index is 0.694. The summed E-state index contributed by atoms with van der Waals surface area (Å²) in [7, 11) is 0. The maximum Gasteiger partial charge on any atom is 0.160 e. The smallest absolute Gasteiger partial charge is 0.160 e. The van der Waals surface area contributed by atoms with Crippen LogP contribution in [-0.2, 0) is 0 Å². The average molecular weight is 596 g/mol. The summed E-state index contributed by atoms with van der Waals surface area (Å²) in [5.74, 6) is 0.694. The first-order chi connectivity index (χ1) is 22.2. The molecule has 0 bridgehead atoms. The summed E-state index contributed by atoms with van der Waals surface area (Å²) in [5.41, 5.74) is 10.5. The van der Waals surface area contributed by atoms with Crippen molar-refractivity contribution in [2.75, 3.05) is 5.32 Å². The molecule has 2 heterocycles. The Kier molecular flexibility index (Phi) is 6.90. The number of thiophene rings is 1. The maximum absolute atomic E-state index is 5.10. The molecule has 0 saturated carbocycles. The Morgan fingerprint density at radius 3 is 1.98 bits per heavy atom. The second-order valence-electron chi connectivity index (χ2n) is 11.2. The quantitative estimate of drug-likeness (QED) is 0.208. The van der Waals surface area contributed by atoms with Crippen LogP contribution in [0.25, 0.3) is 65.2 Å². The van der Waals surface area contributed by atoms with Gasteiger partial charge in [-0.2, -0.15) is 0 Å². The Morgan fingerprint density at radius 2 is 1.18 bits per heavy atom. The topological polar surface area (TPSA) is 37.8 Å². The molecule has 0 saturated heterocycles. The Morgan fingerprint density at radius 1 is 0.511 bits per heavy atom. The van der Waals surface area contributed by atoms with Gasteiger partial charge in [-0.1, -0.05) is 127 Å². The van der Waals surface area contributed by atoms with Gasteiger partial charge in [-0.25, -0.2) is 9.97 Å². The third-order valence-corrected chi connectivity index (χ3v) is 9.34. The first-order valence-electron chi connectivity index (χ1n) is 15.1. The Labute approximate surface area is 266 Å². The normalized spacial score (nSPS) is 11.2. The zero-order chi connectivity index (χ0) is 30.2. The summed E-state index contributed by atoms with van der Waals surface area (Å²) in [6, 6.07) is 53.1. The molecule has 214 valence electrons. The zero-order valence-electron chi connectivity index (χ0n) is 24.7. The fourth-order valence-corrected chi connectivity index (χ4v) is 7.14. The molecular weight excluding hydrogens is 567 g/mol. The molecule has 0 spiro atoms. The standard InChI is InChI=1S/C41H29N3S/c1-27-12-10-17-30(24-27)37-26-36(29-15-6-3-7-16-29)43-41(44-37)31-18-11-19-32(25-31)42-39-33(28-13-4-2-5-14-28)22-23-35-34-20-8-9-21-38(34)45-40(35)39/h2-26,42H,1H3. The van der Waals surface area contributed by atoms with Crippen molar-refractivity contribution in [3.05, 3.63) is 157 Å². The lowest BCUT2D eigenvalue weighted by Gasteiger charge is -2.15. The van der Waals surface area contributed by atoms with Gasteiger partial charge in [0, 0.05) is 43.4 Å². The lowest BCUT2D eigenvalue weighted by atomic mass is 10.0. The molecule has 0 radical (unpaired) electrons. The van der Waals surface area contributed by atoms with Crippen molar-refractivity contribution in [3.8, 4) is 45.0 Å². The highest BCUT2D eigenvalue weighted by molar-refractivity contribution is 7.26. The SMILES string of the molecule is Cc1cccc(-c2cc(-c3ccccc3)nc(-c3cccc(Nc4c(-c5ccccc5)ccc5c4sc4ccccc45)c3)n2)c1. The van der Waals surface area contributed by atoms with Gasteiger partial charge in [-0.15, -0.1) is 11.3 Å². The molecule has 6 aromatic carbocycles. The molecule has 3 nitrogen and oxygen atoms in total. The fraction of sp³-hybridized carbons (Fsp3) is 0.0244. The van der Waals surface area contributed by atoms with E-state index >= 15 is 0 Å². The minimum Gasteiger partial charge on any atom is -0.354 e. The fourth-order valence-electron chi connectivity index (χ4n) is 5.94. The Hall–Kier alpha value is -5.58. The van der Waals surface area contributed by atoms with Crippen molar-refractivity contribution in [2.45, 2.75) is 6.92 Å². The molecule has 8 aromatic rings. The summed E-state index contributed by atoms with van der Waals surface area (Å²) < 4.78 is 2.52. The largest absolute Gasteiger partial charge is 0.354 e. The molecule has 2 aromatic heterocycles. The maximum atomic E-state index is 5.10. The predicted molar refractivity (Wildman–Crippen MR) is 191 cm³/mol. The van der Waals surface area contributed by atoms with Crippen LogP contribution < -0.4 is 5.32 Å². The Bertz CT molecular complexity index is 2310. The van der Waals surface area contributed by atoms with Gasteiger partial charge in [0.15, 0.2) is 5.82 Å². The number of aryl methyl sites for hydroxylation is 1. The van der Waals surface area contributed by atoms with Crippen molar-refractivity contribution in [3.63, 3.8) is 0 Å². The molecule has 0 atom stereocenters. The van der Waals surface area contributed by atoms with E-state index in [4.69, 9.17) is 9.97 Å². The molecule has 45 heavy (non-hydrogen) atoms. The van der Waals surface area contributed by atoms with Gasteiger partial charge in [-0.05, 0) is 42.8 Å². The van der Waals surface area contributed by atoms with Gasteiger partial charge in [0.25, 0.3) is 0 Å². The van der Waals surface area contributed by atoms with E-state index in [0.29, 0.717) is 5.82 Å². The Balaban J connectivity index is 1.27. The summed E-state index contributed by atoms with van der Waals surface area (Å²) >= 11 is 1.83. The molecule has 4 heteroatoms. The second-order valence-corrected chi connectivity index (χ2v) is 12.3. The van der Waals surface area contributed by atoms with E-state index in [1.54, 1.807) is 0 Å². The van der Waals surface area contributed by atoms with E-state index in [9.17, 15) is 0 Å². The molecule has 0 amide bonds. The lowest BCUT2D eigenvalue weighted by Crippen LogP contribution is -1.98. The van der Waals surface area contributed by atoms with Crippen LogP contribution >= 0.6 is 11.3 Å². The van der Waals surface area contributed by atoms with Crippen molar-refractivity contribution >= 4 is 42.9 Å². The second kappa shape index (κ2) is 11.5. The number of nitrogens with one attached hydrogen (secondary N) is 1. The van der Waals surface area contributed by atoms with Crippen LogP contribution in [0.2, 0.25) is 0 Å². The summed E-state index contributed by atoms with van der Waals surface area (Å²) in [6.45, 7) is 2.11. The molecule has 0 unspecified atom stereocenters. The first-order valence-corrected chi connectivity index (χ1v) is 15.9. The highest BCUT2D eigenvalue weighted by atomic mass is 32.1. The van der Waals surface area contributed by atoms with Crippen LogP contribution in [-0.4, -0.2) is 9.97 Å². The van der Waals surface area contributed by atoms with Crippen LogP contribution in [0.15, 0.2) is 152 Å². The number of hydrogen-bond donors (Lipinski definition) is 1. The number of rotatable bonds is 6. The summed E-state index contributed by atoms with van der Waals surface area (Å²) in [5, 5.41) is 6.38. The number of aromatic nitrogens is 2. The molecule has 0 aliphatic carbocycles. The summed E-state index contributed by atoms with van der Waals surface area (Å²) in [6.07, 6.45) is 0. The zero-order valence-corrected chi connectivity index (χ0v) is 25.6. The minimum atomic E-state index is 0.694. The third kappa shape index (κ3) is 5.26. The van der Waals surface area contributed by atoms with Gasteiger partial charge >= 0.3 is 0 Å². The molecule has 0 aliphatic heterocycles. The first kappa shape index (κ1) is 27.0.